The largest absolute Gasteiger partial charge is 0.493 e. The van der Waals surface area contributed by atoms with Gasteiger partial charge in [0.2, 0.25) is 5.91 Å². The van der Waals surface area contributed by atoms with Crippen LogP contribution in [-0.2, 0) is 11.2 Å². The van der Waals surface area contributed by atoms with Crippen molar-refractivity contribution in [1.29, 1.82) is 0 Å². The van der Waals surface area contributed by atoms with Crippen molar-refractivity contribution in [3.63, 3.8) is 0 Å². The molecule has 2 aromatic carbocycles. The van der Waals surface area contributed by atoms with Crippen molar-refractivity contribution in [2.45, 2.75) is 33.2 Å². The number of para-hydroxylation sites is 1. The van der Waals surface area contributed by atoms with Crippen LogP contribution in [0.2, 0.25) is 0 Å². The second-order valence-electron chi connectivity index (χ2n) is 6.97. The van der Waals surface area contributed by atoms with Gasteiger partial charge in [-0.25, -0.2) is 0 Å². The molecule has 0 aliphatic carbocycles. The van der Waals surface area contributed by atoms with Crippen LogP contribution < -0.4 is 14.8 Å². The molecule has 0 radical (unpaired) electrons. The van der Waals surface area contributed by atoms with Gasteiger partial charge >= 0.3 is 0 Å². The van der Waals surface area contributed by atoms with Crippen molar-refractivity contribution >= 4 is 11.6 Å². The number of hydrogen-bond donors (Lipinski definition) is 1. The summed E-state index contributed by atoms with van der Waals surface area (Å²) in [6, 6.07) is 11.5. The van der Waals surface area contributed by atoms with E-state index in [0.29, 0.717) is 29.6 Å². The molecule has 1 atom stereocenters. The van der Waals surface area contributed by atoms with Gasteiger partial charge in [0.15, 0.2) is 11.5 Å². The summed E-state index contributed by atoms with van der Waals surface area (Å²) in [5.41, 5.74) is 1.18. The van der Waals surface area contributed by atoms with Gasteiger partial charge < -0.3 is 14.8 Å². The van der Waals surface area contributed by atoms with E-state index >= 15 is 0 Å². The first kappa shape index (κ1) is 21.2. The van der Waals surface area contributed by atoms with E-state index in [2.05, 4.69) is 19.2 Å². The monoisotopic (exact) mass is 386 g/mol. The van der Waals surface area contributed by atoms with Crippen LogP contribution in [0.15, 0.2) is 42.5 Å². The molecule has 2 rings (SSSR count). The van der Waals surface area contributed by atoms with Crippen LogP contribution in [0.3, 0.4) is 0 Å². The number of carbonyl (C=O) groups excluding carboxylic acids is 1. The fourth-order valence-corrected chi connectivity index (χ4v) is 2.72. The Labute approximate surface area is 164 Å². The maximum Gasteiger partial charge on any atom is 0.273 e. The number of nitro groups is 1. The van der Waals surface area contributed by atoms with Crippen LogP contribution in [0, 0.1) is 16.0 Å². The van der Waals surface area contributed by atoms with E-state index in [0.717, 1.165) is 5.56 Å². The molecule has 2 aromatic rings. The summed E-state index contributed by atoms with van der Waals surface area (Å²) in [6.45, 7) is 6.56. The predicted octanol–water partition coefficient (Wildman–Crippen LogP) is 4.06. The van der Waals surface area contributed by atoms with E-state index in [-0.39, 0.29) is 24.1 Å². The molecule has 7 nitrogen and oxygen atoms in total. The Morgan fingerprint density at radius 2 is 1.86 bits per heavy atom. The van der Waals surface area contributed by atoms with Crippen molar-refractivity contribution in [1.82, 2.24) is 5.32 Å². The first-order chi connectivity index (χ1) is 13.3. The van der Waals surface area contributed by atoms with Gasteiger partial charge in [0, 0.05) is 11.6 Å². The number of hydrogen-bond acceptors (Lipinski definition) is 5. The number of carbonyl (C=O) groups is 1. The molecule has 0 saturated carbocycles. The van der Waals surface area contributed by atoms with Crippen LogP contribution in [0.25, 0.3) is 0 Å². The zero-order valence-corrected chi connectivity index (χ0v) is 16.6. The minimum atomic E-state index is -0.479. The highest BCUT2D eigenvalue weighted by Crippen LogP contribution is 2.30. The van der Waals surface area contributed by atoms with Gasteiger partial charge in [0.25, 0.3) is 5.69 Å². The van der Waals surface area contributed by atoms with Crippen molar-refractivity contribution in [3.8, 4) is 11.5 Å². The van der Waals surface area contributed by atoms with Crippen LogP contribution in [0.1, 0.15) is 37.9 Å². The molecule has 0 fully saturated rings. The first-order valence-electron chi connectivity index (χ1n) is 9.14. The predicted molar refractivity (Wildman–Crippen MR) is 107 cm³/mol. The number of amides is 1. The lowest BCUT2D eigenvalue weighted by Crippen LogP contribution is -2.28. The van der Waals surface area contributed by atoms with Crippen LogP contribution in [-0.4, -0.2) is 24.5 Å². The third kappa shape index (κ3) is 5.70. The van der Waals surface area contributed by atoms with E-state index in [1.54, 1.807) is 25.3 Å². The van der Waals surface area contributed by atoms with Crippen molar-refractivity contribution in [2.75, 3.05) is 13.7 Å². The Hall–Kier alpha value is -3.09. The molecule has 1 N–H and O–H groups in total. The third-order valence-electron chi connectivity index (χ3n) is 4.18. The lowest BCUT2D eigenvalue weighted by atomic mass is 10.1. The van der Waals surface area contributed by atoms with Crippen LogP contribution >= 0.6 is 0 Å². The van der Waals surface area contributed by atoms with Gasteiger partial charge in [0.1, 0.15) is 0 Å². The number of nitrogens with one attached hydrogen (secondary N) is 1. The smallest absolute Gasteiger partial charge is 0.273 e. The summed E-state index contributed by atoms with van der Waals surface area (Å²) in [5, 5.41) is 14.0. The van der Waals surface area contributed by atoms with E-state index in [9.17, 15) is 14.9 Å². The molecule has 0 aliphatic rings. The Kier molecular flexibility index (Phi) is 7.37. The summed E-state index contributed by atoms with van der Waals surface area (Å²) in [7, 11) is 1.57. The zero-order valence-electron chi connectivity index (χ0n) is 16.6. The fourth-order valence-electron chi connectivity index (χ4n) is 2.72. The Bertz CT molecular complexity index is 835. The highest BCUT2D eigenvalue weighted by atomic mass is 16.6. The number of benzene rings is 2. The molecule has 28 heavy (non-hydrogen) atoms. The minimum absolute atomic E-state index is 0.0568. The molecule has 0 aliphatic heterocycles. The van der Waals surface area contributed by atoms with E-state index < -0.39 is 4.92 Å². The fraction of sp³-hybridized carbons (Fsp3) is 0.381. The molecular formula is C21H26N2O5. The number of ether oxygens (including phenoxy) is 2. The molecule has 0 aromatic heterocycles. The number of methoxy groups -OCH3 is 1. The Morgan fingerprint density at radius 3 is 2.50 bits per heavy atom. The molecule has 7 heteroatoms. The van der Waals surface area contributed by atoms with E-state index in [1.165, 1.54) is 6.07 Å². The Balaban J connectivity index is 2.07. The van der Waals surface area contributed by atoms with Crippen LogP contribution in [0.5, 0.6) is 11.5 Å². The van der Waals surface area contributed by atoms with E-state index in [4.69, 9.17) is 9.47 Å². The standard InChI is InChI=1S/C21H26N2O5/c1-14(2)13-28-19-10-9-16(11-20(19)27-4)15(3)22-21(24)12-17-7-5-6-8-18(17)23(25)26/h5-11,14-15H,12-13H2,1-4H3,(H,22,24)/t15-/m1/s1. The van der Waals surface area contributed by atoms with Gasteiger partial charge in [-0.15, -0.1) is 0 Å². The third-order valence-corrected chi connectivity index (χ3v) is 4.18. The molecular weight excluding hydrogens is 360 g/mol. The van der Waals surface area contributed by atoms with Crippen LogP contribution in [0.4, 0.5) is 5.69 Å². The van der Waals surface area contributed by atoms with Gasteiger partial charge in [-0.05, 0) is 30.5 Å². The molecule has 0 saturated heterocycles. The van der Waals surface area contributed by atoms with Gasteiger partial charge in [-0.1, -0.05) is 38.1 Å². The summed E-state index contributed by atoms with van der Waals surface area (Å²) in [4.78, 5) is 23.0. The molecule has 0 spiro atoms. The Morgan fingerprint density at radius 1 is 1.14 bits per heavy atom. The highest BCUT2D eigenvalue weighted by Gasteiger charge is 2.18. The maximum atomic E-state index is 12.4. The lowest BCUT2D eigenvalue weighted by molar-refractivity contribution is -0.385. The topological polar surface area (TPSA) is 90.7 Å². The second-order valence-corrected chi connectivity index (χ2v) is 6.97. The number of rotatable bonds is 9. The second kappa shape index (κ2) is 9.73. The van der Waals surface area contributed by atoms with Crippen molar-refractivity contribution < 1.29 is 19.2 Å². The quantitative estimate of drug-likeness (QED) is 0.518. The highest BCUT2D eigenvalue weighted by molar-refractivity contribution is 5.80. The first-order valence-corrected chi connectivity index (χ1v) is 9.14. The average molecular weight is 386 g/mol. The molecule has 0 unspecified atom stereocenters. The molecule has 0 bridgehead atoms. The zero-order chi connectivity index (χ0) is 20.7. The maximum absolute atomic E-state index is 12.4. The van der Waals surface area contributed by atoms with Crippen molar-refractivity contribution in [2.24, 2.45) is 5.92 Å². The van der Waals surface area contributed by atoms with Crippen molar-refractivity contribution in [3.05, 3.63) is 63.7 Å². The lowest BCUT2D eigenvalue weighted by Gasteiger charge is -2.18. The number of nitro benzene ring substituents is 1. The van der Waals surface area contributed by atoms with E-state index in [1.807, 2.05) is 25.1 Å². The minimum Gasteiger partial charge on any atom is -0.493 e. The van der Waals surface area contributed by atoms with Gasteiger partial charge in [-0.3, -0.25) is 14.9 Å². The number of nitrogens with zero attached hydrogens (tertiary/aromatic N) is 1. The van der Waals surface area contributed by atoms with Gasteiger partial charge in [-0.2, -0.15) is 0 Å². The summed E-state index contributed by atoms with van der Waals surface area (Å²) >= 11 is 0. The molecule has 150 valence electrons. The normalized spacial score (nSPS) is 11.8. The summed E-state index contributed by atoms with van der Waals surface area (Å²) in [6.07, 6.45) is -0.0613. The molecule has 0 heterocycles. The summed E-state index contributed by atoms with van der Waals surface area (Å²) < 4.78 is 11.1. The van der Waals surface area contributed by atoms with Gasteiger partial charge in [0.05, 0.1) is 31.1 Å². The summed E-state index contributed by atoms with van der Waals surface area (Å²) in [5.74, 6) is 1.35. The average Bonchev–Trinajstić information content (AvgIpc) is 2.66. The molecule has 1 amide bonds. The SMILES string of the molecule is COc1cc([C@@H](C)NC(=O)Cc2ccccc2[N+](=O)[O-])ccc1OCC(C)C.